The van der Waals surface area contributed by atoms with Crippen LogP contribution in [0, 0.1) is 29.1 Å². The Kier molecular flexibility index (Phi) is 6.93. The van der Waals surface area contributed by atoms with E-state index in [9.17, 15) is 0 Å². The van der Waals surface area contributed by atoms with Crippen LogP contribution >= 0.6 is 0 Å². The summed E-state index contributed by atoms with van der Waals surface area (Å²) >= 11 is 0. The van der Waals surface area contributed by atoms with E-state index in [4.69, 9.17) is 4.74 Å². The molecule has 5 aromatic carbocycles. The van der Waals surface area contributed by atoms with Gasteiger partial charge in [-0.3, -0.25) is 0 Å². The lowest BCUT2D eigenvalue weighted by Gasteiger charge is -2.77. The van der Waals surface area contributed by atoms with Crippen LogP contribution in [-0.2, 0) is 27.1 Å². The van der Waals surface area contributed by atoms with E-state index in [1.165, 1.54) is 113 Å². The molecule has 12 rings (SSSR count). The van der Waals surface area contributed by atoms with Gasteiger partial charge >= 0.3 is 0 Å². The summed E-state index contributed by atoms with van der Waals surface area (Å²) in [5.41, 5.74) is 16.1. The van der Waals surface area contributed by atoms with Gasteiger partial charge in [-0.1, -0.05) is 116 Å². The lowest BCUT2D eigenvalue weighted by molar-refractivity contribution is -0.235. The summed E-state index contributed by atoms with van der Waals surface area (Å²) in [6.07, 6.45) is 10.5. The first kappa shape index (κ1) is 35.6. The fraction of sp³-hybridized carbons (Fsp3) is 0.464. The van der Waals surface area contributed by atoms with E-state index in [0.29, 0.717) is 17.3 Å². The third-order valence-electron chi connectivity index (χ3n) is 18.1. The van der Waals surface area contributed by atoms with Crippen molar-refractivity contribution in [1.82, 2.24) is 0 Å². The average Bonchev–Trinajstić information content (AvgIpc) is 3.74. The highest BCUT2D eigenvalue weighted by molar-refractivity contribution is 5.87. The molecule has 2 heteroatoms. The molecule has 58 heavy (non-hydrogen) atoms. The minimum Gasteiger partial charge on any atom is -0.456 e. The van der Waals surface area contributed by atoms with Crippen LogP contribution in [0.15, 0.2) is 103 Å². The van der Waals surface area contributed by atoms with Gasteiger partial charge in [0.05, 0.1) is 0 Å². The maximum absolute atomic E-state index is 7.26. The molecule has 1 aliphatic heterocycles. The Hall–Kier alpha value is -4.30. The quantitative estimate of drug-likeness (QED) is 0.181. The second-order valence-electron chi connectivity index (χ2n) is 22.7. The summed E-state index contributed by atoms with van der Waals surface area (Å²) in [5, 5.41) is 0. The lowest BCUT2D eigenvalue weighted by atomic mass is 9.26. The van der Waals surface area contributed by atoms with Crippen molar-refractivity contribution in [3.63, 3.8) is 0 Å². The van der Waals surface area contributed by atoms with E-state index < -0.39 is 0 Å². The monoisotopic (exact) mass is 763 g/mol. The maximum Gasteiger partial charge on any atom is 0.139 e. The Bertz CT molecular complexity index is 2480. The molecule has 5 aromatic rings. The van der Waals surface area contributed by atoms with E-state index in [1.807, 2.05) is 0 Å². The van der Waals surface area contributed by atoms with Crippen LogP contribution < -0.4 is 9.64 Å². The van der Waals surface area contributed by atoms with Crippen molar-refractivity contribution in [2.45, 2.75) is 134 Å². The topological polar surface area (TPSA) is 12.5 Å². The van der Waals surface area contributed by atoms with E-state index >= 15 is 0 Å². The predicted molar refractivity (Wildman–Crippen MR) is 239 cm³/mol. The number of anilines is 3. The van der Waals surface area contributed by atoms with Crippen molar-refractivity contribution in [2.24, 2.45) is 29.1 Å². The molecule has 0 radical (unpaired) electrons. The second kappa shape index (κ2) is 11.3. The number of nitrogens with zero attached hydrogens (tertiary/aromatic N) is 1. The van der Waals surface area contributed by atoms with Gasteiger partial charge < -0.3 is 9.64 Å². The van der Waals surface area contributed by atoms with Crippen LogP contribution in [0.1, 0.15) is 140 Å². The first-order valence-corrected chi connectivity index (χ1v) is 22.8. The van der Waals surface area contributed by atoms with E-state index in [-0.39, 0.29) is 27.1 Å². The van der Waals surface area contributed by atoms with Crippen LogP contribution in [0.3, 0.4) is 0 Å². The third kappa shape index (κ3) is 4.40. The number of ether oxygens (including phenoxy) is 1. The Morgan fingerprint density at radius 2 is 1.05 bits per heavy atom. The average molecular weight is 764 g/mol. The molecule has 6 unspecified atom stereocenters. The van der Waals surface area contributed by atoms with Gasteiger partial charge in [0.1, 0.15) is 11.5 Å². The summed E-state index contributed by atoms with van der Waals surface area (Å²) in [4.78, 5) is 2.65. The molecule has 0 saturated heterocycles. The molecule has 7 aliphatic rings. The van der Waals surface area contributed by atoms with Gasteiger partial charge in [-0.2, -0.15) is 0 Å². The van der Waals surface area contributed by atoms with E-state index in [1.54, 1.807) is 0 Å². The highest BCUT2D eigenvalue weighted by atomic mass is 16.5. The standard InChI is InChI=1S/C56H61NO/c1-51(2)22-24-53(5,6)44-30-37(18-20-41(44)51)57(38-19-21-42-45(31-38)54(7,8)25-23-52(42,3)4)39-29-40(35-14-10-9-11-15-35)50-46(32-39)56(43-16-12-13-17-47(43)58-50)48-27-34-26-36-28-49(56)55(36,48)33-34/h9-21,29-32,34,36,48-49H,22-28,33H2,1-8H3. The van der Waals surface area contributed by atoms with E-state index in [0.717, 1.165) is 23.3 Å². The fourth-order valence-electron chi connectivity index (χ4n) is 15.0. The smallest absolute Gasteiger partial charge is 0.139 e. The molecule has 6 atom stereocenters. The summed E-state index contributed by atoms with van der Waals surface area (Å²) < 4.78 is 7.26. The highest BCUT2D eigenvalue weighted by Crippen LogP contribution is 2.89. The largest absolute Gasteiger partial charge is 0.456 e. The number of hydrogen-bond donors (Lipinski definition) is 0. The van der Waals surface area contributed by atoms with Crippen LogP contribution in [0.2, 0.25) is 0 Å². The SMILES string of the molecule is CC1(C)CCC(C)(C)c2cc(N(c3ccc4c(c3)C(C)(C)CCC4(C)C)c3cc(-c4ccccc4)c4c(c3)C3(c5ccccc5O4)C4CC5CC6CC3C64C5)ccc21. The number of para-hydroxylation sites is 1. The molecule has 2 spiro atoms. The van der Waals surface area contributed by atoms with Gasteiger partial charge in [-0.05, 0) is 172 Å². The normalized spacial score (nSPS) is 31.4. The summed E-state index contributed by atoms with van der Waals surface area (Å²) in [7, 11) is 0. The highest BCUT2D eigenvalue weighted by Gasteiger charge is 2.84. The van der Waals surface area contributed by atoms with Crippen LogP contribution in [-0.4, -0.2) is 0 Å². The zero-order chi connectivity index (χ0) is 39.8. The molecule has 6 aliphatic carbocycles. The van der Waals surface area contributed by atoms with Gasteiger partial charge in [-0.25, -0.2) is 0 Å². The number of fused-ring (bicyclic) bond motifs is 9. The summed E-state index contributed by atoms with van der Waals surface area (Å²) in [6.45, 7) is 19.7. The Morgan fingerprint density at radius 3 is 1.67 bits per heavy atom. The Balaban J connectivity index is 1.14. The molecule has 1 heterocycles. The zero-order valence-corrected chi connectivity index (χ0v) is 36.1. The molecule has 296 valence electrons. The molecule has 0 N–H and O–H groups in total. The molecule has 4 fully saturated rings. The van der Waals surface area contributed by atoms with Gasteiger partial charge in [-0.15, -0.1) is 0 Å². The summed E-state index contributed by atoms with van der Waals surface area (Å²) in [5.74, 6) is 5.34. The van der Waals surface area contributed by atoms with Gasteiger partial charge in [0.25, 0.3) is 0 Å². The minimum atomic E-state index is -0.0230. The number of rotatable bonds is 4. The van der Waals surface area contributed by atoms with Crippen molar-refractivity contribution in [3.05, 3.63) is 137 Å². The molecule has 0 aromatic heterocycles. The minimum absolute atomic E-state index is 0.0230. The first-order valence-electron chi connectivity index (χ1n) is 22.8. The van der Waals surface area contributed by atoms with Crippen LogP contribution in [0.25, 0.3) is 11.1 Å². The Labute approximate surface area is 347 Å². The van der Waals surface area contributed by atoms with Crippen molar-refractivity contribution in [1.29, 1.82) is 0 Å². The van der Waals surface area contributed by atoms with Gasteiger partial charge in [0.15, 0.2) is 0 Å². The molecule has 2 bridgehead atoms. The number of hydrogen-bond acceptors (Lipinski definition) is 2. The van der Waals surface area contributed by atoms with Crippen LogP contribution in [0.4, 0.5) is 17.1 Å². The van der Waals surface area contributed by atoms with Crippen molar-refractivity contribution >= 4 is 17.1 Å². The van der Waals surface area contributed by atoms with Gasteiger partial charge in [0.2, 0.25) is 0 Å². The van der Waals surface area contributed by atoms with Crippen LogP contribution in [0.5, 0.6) is 11.5 Å². The van der Waals surface area contributed by atoms with Crippen molar-refractivity contribution < 1.29 is 4.74 Å². The summed E-state index contributed by atoms with van der Waals surface area (Å²) in [6, 6.07) is 40.5. The van der Waals surface area contributed by atoms with Crippen molar-refractivity contribution in [2.75, 3.05) is 4.90 Å². The first-order chi connectivity index (χ1) is 27.6. The molecular weight excluding hydrogens is 703 g/mol. The number of benzene rings is 5. The van der Waals surface area contributed by atoms with Crippen molar-refractivity contribution in [3.8, 4) is 22.6 Å². The fourth-order valence-corrected chi connectivity index (χ4v) is 15.0. The lowest BCUT2D eigenvalue weighted by Crippen LogP contribution is -2.74. The maximum atomic E-state index is 7.26. The zero-order valence-electron chi connectivity index (χ0n) is 36.1. The second-order valence-corrected chi connectivity index (χ2v) is 22.7. The third-order valence-corrected chi connectivity index (χ3v) is 18.1. The van der Waals surface area contributed by atoms with E-state index in [2.05, 4.69) is 163 Å². The molecule has 0 amide bonds. The molecular formula is C56H61NO. The predicted octanol–water partition coefficient (Wildman–Crippen LogP) is 15.0. The van der Waals surface area contributed by atoms with Gasteiger partial charge in [0, 0.05) is 39.2 Å². The Morgan fingerprint density at radius 1 is 0.500 bits per heavy atom. The molecule has 4 saturated carbocycles. The molecule has 2 nitrogen and oxygen atoms in total.